The van der Waals surface area contributed by atoms with E-state index < -0.39 is 57.7 Å². The number of ether oxygens (including phenoxy) is 2. The Hall–Kier alpha value is -6.26. The van der Waals surface area contributed by atoms with Gasteiger partial charge in [0.25, 0.3) is 11.4 Å². The summed E-state index contributed by atoms with van der Waals surface area (Å²) in [5.41, 5.74) is 1.34. The van der Waals surface area contributed by atoms with E-state index in [1.807, 2.05) is 0 Å². The molecular formula is C42H60N8O18. The van der Waals surface area contributed by atoms with Gasteiger partial charge in [0, 0.05) is 102 Å². The zero-order chi connectivity index (χ0) is 50.2. The van der Waals surface area contributed by atoms with Gasteiger partial charge < -0.3 is 40.1 Å². The highest BCUT2D eigenvalue weighted by Crippen LogP contribution is 2.18. The van der Waals surface area contributed by atoms with Crippen LogP contribution in [0.3, 0.4) is 0 Å². The van der Waals surface area contributed by atoms with Crippen LogP contribution in [0.2, 0.25) is 0 Å². The third-order valence-electron chi connectivity index (χ3n) is 10.9. The Morgan fingerprint density at radius 3 is 1.01 bits per heavy atom. The summed E-state index contributed by atoms with van der Waals surface area (Å²) in [5.74, 6) is -6.20. The third-order valence-corrected chi connectivity index (χ3v) is 10.9. The van der Waals surface area contributed by atoms with Crippen molar-refractivity contribution in [2.45, 2.75) is 24.9 Å². The number of hydrogen-bond acceptors (Lipinski definition) is 18. The van der Waals surface area contributed by atoms with E-state index in [9.17, 15) is 69.4 Å². The number of carbonyl (C=O) groups is 6. The Labute approximate surface area is 390 Å². The van der Waals surface area contributed by atoms with Crippen molar-refractivity contribution in [3.63, 3.8) is 0 Å². The van der Waals surface area contributed by atoms with Crippen LogP contribution in [0.25, 0.3) is 0 Å². The quantitative estimate of drug-likeness (QED) is 0.0802. The molecule has 0 saturated carbocycles. The van der Waals surface area contributed by atoms with Gasteiger partial charge in [0.15, 0.2) is 0 Å². The van der Waals surface area contributed by atoms with Crippen molar-refractivity contribution in [1.82, 2.24) is 29.4 Å². The monoisotopic (exact) mass is 964 g/mol. The Bertz CT molecular complexity index is 1840. The van der Waals surface area contributed by atoms with Crippen molar-refractivity contribution in [1.29, 1.82) is 0 Å². The van der Waals surface area contributed by atoms with Gasteiger partial charge in [-0.1, -0.05) is 24.3 Å². The molecule has 2 fully saturated rings. The van der Waals surface area contributed by atoms with E-state index in [1.165, 1.54) is 24.3 Å². The molecular weight excluding hydrogens is 904 g/mol. The molecule has 26 nitrogen and oxygen atoms in total. The first-order chi connectivity index (χ1) is 32.3. The standard InChI is InChI=1S/2C21H30N4O9/c2*26-19(27)13-22-5-6-23(14-20(28)29)12-18(11-16-1-3-17(4-2-16)25(32)33)24(15-21(30)31)8-10-34-9-7-22/h2*1-4,18H,5-15H2,(H,26,27)(H,28,29)(H,30,31)/t2*18-/m10/s1. The van der Waals surface area contributed by atoms with Crippen molar-refractivity contribution >= 4 is 47.2 Å². The SMILES string of the molecule is O=C(O)CN1CCOCCN(CC(=O)O)[C@@H](Cc2ccc([N+](=O)[O-])cc2)CN(CC(=O)O)CC1.O=C(O)CN1CCOCCN(CC(=O)O)[C@H](Cc2ccc([N+](=O)[O-])cc2)CN(CC(=O)O)CC1. The molecule has 0 radical (unpaired) electrons. The van der Waals surface area contributed by atoms with Crippen molar-refractivity contribution in [3.05, 3.63) is 79.9 Å². The molecule has 0 aromatic heterocycles. The van der Waals surface area contributed by atoms with Gasteiger partial charge in [-0.05, 0) is 24.0 Å². The molecule has 0 amide bonds. The predicted molar refractivity (Wildman–Crippen MR) is 238 cm³/mol. The lowest BCUT2D eigenvalue weighted by molar-refractivity contribution is -0.385. The third kappa shape index (κ3) is 22.5. The fraction of sp³-hybridized carbons (Fsp3) is 0.571. The normalized spacial score (nSPS) is 19.6. The van der Waals surface area contributed by atoms with Gasteiger partial charge in [-0.25, -0.2) is 0 Å². The number of aliphatic carboxylic acids is 6. The maximum Gasteiger partial charge on any atom is 0.317 e. The van der Waals surface area contributed by atoms with Gasteiger partial charge >= 0.3 is 35.8 Å². The molecule has 4 rings (SSSR count). The van der Waals surface area contributed by atoms with Gasteiger partial charge in [0.1, 0.15) is 0 Å². The molecule has 0 aliphatic carbocycles. The first-order valence-corrected chi connectivity index (χ1v) is 21.6. The van der Waals surface area contributed by atoms with Crippen LogP contribution in [0.5, 0.6) is 0 Å². The van der Waals surface area contributed by atoms with Gasteiger partial charge in [0.05, 0.1) is 75.5 Å². The number of carboxylic acid groups (broad SMARTS) is 6. The molecule has 376 valence electrons. The number of benzene rings is 2. The summed E-state index contributed by atoms with van der Waals surface area (Å²) >= 11 is 0. The highest BCUT2D eigenvalue weighted by atomic mass is 16.6. The summed E-state index contributed by atoms with van der Waals surface area (Å²) < 4.78 is 11.2. The smallest absolute Gasteiger partial charge is 0.317 e. The second kappa shape index (κ2) is 29.5. The van der Waals surface area contributed by atoms with Crippen molar-refractivity contribution in [2.24, 2.45) is 0 Å². The summed E-state index contributed by atoms with van der Waals surface area (Å²) in [7, 11) is 0. The maximum absolute atomic E-state index is 11.5. The van der Waals surface area contributed by atoms with E-state index in [0.29, 0.717) is 39.0 Å². The van der Waals surface area contributed by atoms with E-state index in [1.54, 1.807) is 53.7 Å². The van der Waals surface area contributed by atoms with E-state index in [2.05, 4.69) is 0 Å². The lowest BCUT2D eigenvalue weighted by Crippen LogP contribution is -2.51. The van der Waals surface area contributed by atoms with Gasteiger partial charge in [-0.3, -0.25) is 78.4 Å². The van der Waals surface area contributed by atoms with Crippen molar-refractivity contribution in [3.8, 4) is 0 Å². The Kier molecular flexibility index (Phi) is 24.3. The molecule has 0 spiro atoms. The van der Waals surface area contributed by atoms with Crippen molar-refractivity contribution < 1.29 is 78.7 Å². The fourth-order valence-electron chi connectivity index (χ4n) is 7.69. The first kappa shape index (κ1) is 56.1. The molecule has 2 heterocycles. The average Bonchev–Trinajstić information content (AvgIpc) is 3.24. The Morgan fingerprint density at radius 2 is 0.721 bits per heavy atom. The zero-order valence-corrected chi connectivity index (χ0v) is 37.5. The molecule has 0 bridgehead atoms. The van der Waals surface area contributed by atoms with Crippen LogP contribution in [-0.4, -0.2) is 249 Å². The topological polar surface area (TPSA) is 348 Å². The fourth-order valence-corrected chi connectivity index (χ4v) is 7.69. The van der Waals surface area contributed by atoms with Crippen LogP contribution in [0.1, 0.15) is 11.1 Å². The minimum atomic E-state index is -1.06. The summed E-state index contributed by atoms with van der Waals surface area (Å²) in [4.78, 5) is 99.3. The average molecular weight is 965 g/mol. The van der Waals surface area contributed by atoms with Crippen LogP contribution in [-0.2, 0) is 51.1 Å². The number of hydrogen-bond donors (Lipinski definition) is 6. The lowest BCUT2D eigenvalue weighted by atomic mass is 10.0. The van der Waals surface area contributed by atoms with Crippen LogP contribution >= 0.6 is 0 Å². The molecule has 2 saturated heterocycles. The molecule has 6 N–H and O–H groups in total. The number of carboxylic acids is 6. The summed E-state index contributed by atoms with van der Waals surface area (Å²) in [6.07, 6.45) is 0.667. The van der Waals surface area contributed by atoms with E-state index in [-0.39, 0.29) is 116 Å². The molecule has 2 atom stereocenters. The second-order valence-corrected chi connectivity index (χ2v) is 16.1. The Morgan fingerprint density at radius 1 is 0.441 bits per heavy atom. The summed E-state index contributed by atoms with van der Waals surface area (Å²) in [6, 6.07) is 11.0. The van der Waals surface area contributed by atoms with Crippen molar-refractivity contribution in [2.75, 3.05) is 131 Å². The maximum atomic E-state index is 11.5. The molecule has 2 aliphatic rings. The van der Waals surface area contributed by atoms with Gasteiger partial charge in [-0.2, -0.15) is 0 Å². The highest BCUT2D eigenvalue weighted by molar-refractivity contribution is 5.71. The number of nitro groups is 2. The largest absolute Gasteiger partial charge is 0.480 e. The number of rotatable bonds is 18. The number of nitro benzene ring substituents is 2. The van der Waals surface area contributed by atoms with E-state index in [0.717, 1.165) is 11.1 Å². The van der Waals surface area contributed by atoms with Crippen LogP contribution in [0.15, 0.2) is 48.5 Å². The molecule has 0 unspecified atom stereocenters. The van der Waals surface area contributed by atoms with Crippen LogP contribution in [0.4, 0.5) is 11.4 Å². The molecule has 2 aliphatic heterocycles. The van der Waals surface area contributed by atoms with E-state index in [4.69, 9.17) is 19.7 Å². The van der Waals surface area contributed by atoms with Crippen LogP contribution in [0, 0.1) is 20.2 Å². The minimum absolute atomic E-state index is 0.0655. The minimum Gasteiger partial charge on any atom is -0.480 e. The summed E-state index contributed by atoms with van der Waals surface area (Å²) in [6.45, 7) is 2.10. The first-order valence-electron chi connectivity index (χ1n) is 21.6. The van der Waals surface area contributed by atoms with Gasteiger partial charge in [0.2, 0.25) is 0 Å². The van der Waals surface area contributed by atoms with E-state index >= 15 is 0 Å². The molecule has 26 heteroatoms. The molecule has 68 heavy (non-hydrogen) atoms. The summed E-state index contributed by atoms with van der Waals surface area (Å²) in [5, 5.41) is 77.9. The van der Waals surface area contributed by atoms with Gasteiger partial charge in [-0.15, -0.1) is 0 Å². The number of non-ortho nitro benzene ring substituents is 2. The highest BCUT2D eigenvalue weighted by Gasteiger charge is 2.28. The molecule has 2 aromatic carbocycles. The predicted octanol–water partition coefficient (Wildman–Crippen LogP) is -0.608. The molecule has 2 aromatic rings. The number of nitrogens with zero attached hydrogens (tertiary/aromatic N) is 8. The Balaban J connectivity index is 0.000000360. The van der Waals surface area contributed by atoms with Crippen LogP contribution < -0.4 is 0 Å². The second-order valence-electron chi connectivity index (χ2n) is 16.1. The zero-order valence-electron chi connectivity index (χ0n) is 37.5. The lowest BCUT2D eigenvalue weighted by Gasteiger charge is -2.36.